The molecule has 23 heavy (non-hydrogen) atoms. The van der Waals surface area contributed by atoms with E-state index in [4.69, 9.17) is 10.5 Å². The molecule has 0 spiro atoms. The van der Waals surface area contributed by atoms with Crippen molar-refractivity contribution in [3.63, 3.8) is 0 Å². The standard InChI is InChI=1S/C17H17N5O/c18-16(22-8-10-23-11-9-22)21-17-19-12-15(13-20-17)7-6-14-4-2-1-3-5-14/h1-5,12-13H,8-11H2,(H2,18,19,20,21). The number of hydrogen-bond acceptors (Lipinski definition) is 4. The molecule has 1 fully saturated rings. The predicted octanol–water partition coefficient (Wildman–Crippen LogP) is 1.15. The molecule has 0 unspecified atom stereocenters. The van der Waals surface area contributed by atoms with Crippen LogP contribution >= 0.6 is 0 Å². The summed E-state index contributed by atoms with van der Waals surface area (Å²) in [7, 11) is 0. The van der Waals surface area contributed by atoms with Gasteiger partial charge in [-0.1, -0.05) is 30.0 Å². The summed E-state index contributed by atoms with van der Waals surface area (Å²) in [4.78, 5) is 14.6. The van der Waals surface area contributed by atoms with Crippen molar-refractivity contribution in [1.29, 1.82) is 0 Å². The molecule has 2 aromatic rings. The van der Waals surface area contributed by atoms with Gasteiger partial charge in [0, 0.05) is 31.0 Å². The molecule has 1 saturated heterocycles. The number of morpholine rings is 1. The second-order valence-electron chi connectivity index (χ2n) is 4.96. The molecule has 1 aliphatic heterocycles. The van der Waals surface area contributed by atoms with E-state index in [2.05, 4.69) is 26.8 Å². The van der Waals surface area contributed by atoms with Crippen LogP contribution in [0.4, 0.5) is 5.95 Å². The van der Waals surface area contributed by atoms with E-state index in [0.29, 0.717) is 25.1 Å². The molecule has 1 aromatic heterocycles. The van der Waals surface area contributed by atoms with Gasteiger partial charge in [-0.2, -0.15) is 4.99 Å². The number of hydrogen-bond donors (Lipinski definition) is 1. The lowest BCUT2D eigenvalue weighted by Gasteiger charge is -2.27. The zero-order valence-corrected chi connectivity index (χ0v) is 12.6. The van der Waals surface area contributed by atoms with Gasteiger partial charge >= 0.3 is 0 Å². The lowest BCUT2D eigenvalue weighted by atomic mass is 10.2. The molecular weight excluding hydrogens is 290 g/mol. The van der Waals surface area contributed by atoms with Crippen molar-refractivity contribution >= 4 is 11.9 Å². The Morgan fingerprint density at radius 3 is 2.39 bits per heavy atom. The van der Waals surface area contributed by atoms with Crippen LogP contribution in [0.3, 0.4) is 0 Å². The van der Waals surface area contributed by atoms with Crippen molar-refractivity contribution in [3.8, 4) is 11.8 Å². The van der Waals surface area contributed by atoms with Crippen LogP contribution in [-0.2, 0) is 4.74 Å². The smallest absolute Gasteiger partial charge is 0.252 e. The molecule has 2 heterocycles. The topological polar surface area (TPSA) is 76.6 Å². The molecule has 0 bridgehead atoms. The number of guanidine groups is 1. The number of aromatic nitrogens is 2. The number of aliphatic imine (C=N–C) groups is 1. The lowest BCUT2D eigenvalue weighted by Crippen LogP contribution is -2.44. The Morgan fingerprint density at radius 2 is 1.70 bits per heavy atom. The molecule has 1 aromatic carbocycles. The summed E-state index contributed by atoms with van der Waals surface area (Å²) in [6.45, 7) is 2.78. The van der Waals surface area contributed by atoms with Crippen LogP contribution in [0.25, 0.3) is 0 Å². The molecular formula is C17H17N5O. The van der Waals surface area contributed by atoms with Crippen LogP contribution in [0.15, 0.2) is 47.7 Å². The van der Waals surface area contributed by atoms with Crippen molar-refractivity contribution in [2.45, 2.75) is 0 Å². The van der Waals surface area contributed by atoms with Gasteiger partial charge in [-0.15, -0.1) is 0 Å². The number of ether oxygens (including phenoxy) is 1. The maximum absolute atomic E-state index is 5.97. The fourth-order valence-corrected chi connectivity index (χ4v) is 2.07. The third-order valence-electron chi connectivity index (χ3n) is 3.31. The second-order valence-corrected chi connectivity index (χ2v) is 4.96. The van der Waals surface area contributed by atoms with Crippen molar-refractivity contribution in [2.24, 2.45) is 10.7 Å². The first-order valence-electron chi connectivity index (χ1n) is 7.37. The fraction of sp³-hybridized carbons (Fsp3) is 0.235. The van der Waals surface area contributed by atoms with Gasteiger partial charge in [0.2, 0.25) is 0 Å². The zero-order chi connectivity index (χ0) is 15.9. The van der Waals surface area contributed by atoms with Crippen molar-refractivity contribution < 1.29 is 4.74 Å². The summed E-state index contributed by atoms with van der Waals surface area (Å²) in [5.41, 5.74) is 7.65. The minimum Gasteiger partial charge on any atom is -0.378 e. The number of nitrogens with two attached hydrogens (primary N) is 1. The number of rotatable bonds is 1. The average molecular weight is 307 g/mol. The van der Waals surface area contributed by atoms with Crippen LogP contribution in [0.1, 0.15) is 11.1 Å². The number of nitrogens with zero attached hydrogens (tertiary/aromatic N) is 4. The Labute approximate surface area is 135 Å². The van der Waals surface area contributed by atoms with E-state index in [1.165, 1.54) is 0 Å². The van der Waals surface area contributed by atoms with E-state index in [-0.39, 0.29) is 0 Å². The van der Waals surface area contributed by atoms with E-state index in [1.54, 1.807) is 12.4 Å². The molecule has 1 aliphatic rings. The minimum atomic E-state index is 0.333. The van der Waals surface area contributed by atoms with Gasteiger partial charge in [0.1, 0.15) is 0 Å². The molecule has 6 heteroatoms. The van der Waals surface area contributed by atoms with E-state index >= 15 is 0 Å². The monoisotopic (exact) mass is 307 g/mol. The highest BCUT2D eigenvalue weighted by atomic mass is 16.5. The SMILES string of the molecule is N/C(=N\c1ncc(C#Cc2ccccc2)cn1)N1CCOCC1. The Kier molecular flexibility index (Phi) is 4.82. The highest BCUT2D eigenvalue weighted by Gasteiger charge is 2.12. The molecule has 0 saturated carbocycles. The van der Waals surface area contributed by atoms with Gasteiger partial charge in [-0.3, -0.25) is 0 Å². The summed E-state index contributed by atoms with van der Waals surface area (Å²) in [6, 6.07) is 9.77. The Hall–Kier alpha value is -2.91. The molecule has 3 rings (SSSR count). The maximum Gasteiger partial charge on any atom is 0.252 e. The normalized spacial score (nSPS) is 15.0. The van der Waals surface area contributed by atoms with Crippen LogP contribution in [0.5, 0.6) is 0 Å². The van der Waals surface area contributed by atoms with Crippen LogP contribution < -0.4 is 5.73 Å². The van der Waals surface area contributed by atoms with Crippen molar-refractivity contribution in [1.82, 2.24) is 14.9 Å². The summed E-state index contributed by atoms with van der Waals surface area (Å²) < 4.78 is 5.28. The third-order valence-corrected chi connectivity index (χ3v) is 3.31. The van der Waals surface area contributed by atoms with E-state index in [9.17, 15) is 0 Å². The largest absolute Gasteiger partial charge is 0.378 e. The Bertz CT molecular complexity index is 725. The van der Waals surface area contributed by atoms with E-state index in [1.807, 2.05) is 35.2 Å². The summed E-state index contributed by atoms with van der Waals surface area (Å²) in [5, 5.41) is 0. The molecule has 116 valence electrons. The predicted molar refractivity (Wildman–Crippen MR) is 88.1 cm³/mol. The average Bonchev–Trinajstić information content (AvgIpc) is 2.63. The first kappa shape index (κ1) is 15.0. The van der Waals surface area contributed by atoms with Crippen LogP contribution in [0, 0.1) is 11.8 Å². The van der Waals surface area contributed by atoms with Crippen LogP contribution in [0.2, 0.25) is 0 Å². The van der Waals surface area contributed by atoms with Gasteiger partial charge < -0.3 is 15.4 Å². The summed E-state index contributed by atoms with van der Waals surface area (Å²) in [5.74, 6) is 6.83. The van der Waals surface area contributed by atoms with Gasteiger partial charge in [0.25, 0.3) is 5.95 Å². The fourth-order valence-electron chi connectivity index (χ4n) is 2.07. The van der Waals surface area contributed by atoms with E-state index < -0.39 is 0 Å². The maximum atomic E-state index is 5.97. The third kappa shape index (κ3) is 4.28. The first-order valence-corrected chi connectivity index (χ1v) is 7.37. The van der Waals surface area contributed by atoms with Gasteiger partial charge in [0.05, 0.1) is 18.8 Å². The van der Waals surface area contributed by atoms with Gasteiger partial charge in [0.15, 0.2) is 5.96 Å². The first-order chi connectivity index (χ1) is 11.3. The minimum absolute atomic E-state index is 0.333. The molecule has 0 radical (unpaired) electrons. The highest BCUT2D eigenvalue weighted by Crippen LogP contribution is 2.05. The highest BCUT2D eigenvalue weighted by molar-refractivity contribution is 5.80. The molecule has 2 N–H and O–H groups in total. The van der Waals surface area contributed by atoms with Gasteiger partial charge in [-0.25, -0.2) is 9.97 Å². The Morgan fingerprint density at radius 1 is 1.04 bits per heavy atom. The van der Waals surface area contributed by atoms with Crippen molar-refractivity contribution in [2.75, 3.05) is 26.3 Å². The quantitative estimate of drug-likeness (QED) is 0.486. The Balaban J connectivity index is 1.68. The molecule has 0 atom stereocenters. The molecule has 0 aliphatic carbocycles. The van der Waals surface area contributed by atoms with Crippen molar-refractivity contribution in [3.05, 3.63) is 53.9 Å². The van der Waals surface area contributed by atoms with Crippen LogP contribution in [-0.4, -0.2) is 47.1 Å². The van der Waals surface area contributed by atoms with Gasteiger partial charge in [-0.05, 0) is 12.1 Å². The summed E-state index contributed by atoms with van der Waals surface area (Å²) in [6.07, 6.45) is 3.29. The summed E-state index contributed by atoms with van der Waals surface area (Å²) >= 11 is 0. The molecule has 0 amide bonds. The number of benzene rings is 1. The second kappa shape index (κ2) is 7.38. The lowest BCUT2D eigenvalue weighted by molar-refractivity contribution is 0.0675. The van der Waals surface area contributed by atoms with E-state index in [0.717, 1.165) is 24.2 Å². The zero-order valence-electron chi connectivity index (χ0n) is 12.6. The molecule has 6 nitrogen and oxygen atoms in total.